The maximum absolute atomic E-state index is 11.2. The Morgan fingerprint density at radius 2 is 1.90 bits per heavy atom. The SMILES string of the molecule is Cc1cc(C=N[C@@H](CO)c2ccccc2)c(O)c([C@H]2C[C@@H]3CC[C@@]2(C)C3(C)C)c1. The van der Waals surface area contributed by atoms with E-state index in [-0.39, 0.29) is 18.1 Å². The van der Waals surface area contributed by atoms with E-state index in [9.17, 15) is 10.2 Å². The molecule has 0 saturated heterocycles. The Labute approximate surface area is 174 Å². The van der Waals surface area contributed by atoms with Crippen molar-refractivity contribution in [2.45, 2.75) is 58.9 Å². The van der Waals surface area contributed by atoms with Crippen molar-refractivity contribution in [1.29, 1.82) is 0 Å². The summed E-state index contributed by atoms with van der Waals surface area (Å²) in [6.07, 6.45) is 5.42. The fraction of sp³-hybridized carbons (Fsp3) is 0.500. The topological polar surface area (TPSA) is 52.8 Å². The zero-order valence-electron chi connectivity index (χ0n) is 18.0. The van der Waals surface area contributed by atoms with Gasteiger partial charge in [-0.1, -0.05) is 57.2 Å². The lowest BCUT2D eigenvalue weighted by Gasteiger charge is -2.40. The fourth-order valence-electron chi connectivity index (χ4n) is 5.96. The number of hydrogen-bond donors (Lipinski definition) is 2. The Morgan fingerprint density at radius 3 is 2.48 bits per heavy atom. The minimum Gasteiger partial charge on any atom is -0.507 e. The van der Waals surface area contributed by atoms with E-state index in [2.05, 4.69) is 38.8 Å². The van der Waals surface area contributed by atoms with E-state index in [0.29, 0.717) is 17.1 Å². The molecular formula is C26H33NO2. The Balaban J connectivity index is 1.68. The second-order valence-electron chi connectivity index (χ2n) is 9.84. The molecule has 2 aromatic rings. The van der Waals surface area contributed by atoms with Crippen LogP contribution in [0.2, 0.25) is 0 Å². The van der Waals surface area contributed by atoms with Gasteiger partial charge in [0.05, 0.1) is 12.6 Å². The van der Waals surface area contributed by atoms with Crippen molar-refractivity contribution in [3.8, 4) is 5.75 Å². The molecule has 0 aliphatic heterocycles. The third-order valence-corrected chi connectivity index (χ3v) is 8.23. The largest absolute Gasteiger partial charge is 0.507 e. The predicted molar refractivity (Wildman–Crippen MR) is 119 cm³/mol. The molecule has 2 aliphatic rings. The molecule has 2 aliphatic carbocycles. The molecule has 4 atom stereocenters. The number of aryl methyl sites for hydroxylation is 1. The Hall–Kier alpha value is -2.13. The lowest BCUT2D eigenvalue weighted by molar-refractivity contribution is 0.133. The maximum Gasteiger partial charge on any atom is 0.127 e. The van der Waals surface area contributed by atoms with Crippen LogP contribution in [0.25, 0.3) is 0 Å². The smallest absolute Gasteiger partial charge is 0.127 e. The van der Waals surface area contributed by atoms with Crippen molar-refractivity contribution in [2.24, 2.45) is 21.7 Å². The summed E-state index contributed by atoms with van der Waals surface area (Å²) in [5, 5.41) is 21.0. The first-order valence-electron chi connectivity index (χ1n) is 10.8. The van der Waals surface area contributed by atoms with Gasteiger partial charge in [0, 0.05) is 11.8 Å². The molecule has 154 valence electrons. The molecule has 4 rings (SSSR count). The first-order valence-corrected chi connectivity index (χ1v) is 10.8. The lowest BCUT2D eigenvalue weighted by atomic mass is 9.64. The van der Waals surface area contributed by atoms with Crippen LogP contribution in [0.15, 0.2) is 47.5 Å². The molecule has 2 bridgehead atoms. The number of benzene rings is 2. The summed E-state index contributed by atoms with van der Waals surface area (Å²) < 4.78 is 0. The zero-order chi connectivity index (χ0) is 20.8. The second kappa shape index (κ2) is 7.28. The van der Waals surface area contributed by atoms with Gasteiger partial charge in [0.2, 0.25) is 0 Å². The number of fused-ring (bicyclic) bond motifs is 2. The molecule has 2 saturated carbocycles. The predicted octanol–water partition coefficient (Wildman–Crippen LogP) is 5.78. The van der Waals surface area contributed by atoms with Crippen LogP contribution in [0.4, 0.5) is 0 Å². The van der Waals surface area contributed by atoms with Crippen LogP contribution in [0.5, 0.6) is 5.75 Å². The van der Waals surface area contributed by atoms with E-state index in [0.717, 1.165) is 34.6 Å². The molecule has 0 radical (unpaired) electrons. The van der Waals surface area contributed by atoms with Gasteiger partial charge in [-0.3, -0.25) is 4.99 Å². The molecule has 0 aromatic heterocycles. The summed E-state index contributed by atoms with van der Waals surface area (Å²) in [4.78, 5) is 4.61. The molecule has 2 N–H and O–H groups in total. The standard InChI is InChI=1S/C26H33NO2/c1-17-12-19(15-27-23(16-28)18-8-6-5-7-9-18)24(29)21(13-17)22-14-20-10-11-26(22,4)25(20,2)3/h5-9,12-13,15,20,22-23,28-29H,10-11,14,16H2,1-4H3/t20-,22+,23-,26+/m0/s1. The summed E-state index contributed by atoms with van der Waals surface area (Å²) in [6.45, 7) is 9.26. The van der Waals surface area contributed by atoms with Crippen LogP contribution in [0.3, 0.4) is 0 Å². The molecule has 3 heteroatoms. The fourth-order valence-corrected chi connectivity index (χ4v) is 5.96. The van der Waals surface area contributed by atoms with E-state index < -0.39 is 0 Å². The van der Waals surface area contributed by atoms with Crippen molar-refractivity contribution in [2.75, 3.05) is 6.61 Å². The van der Waals surface area contributed by atoms with Crippen molar-refractivity contribution in [3.63, 3.8) is 0 Å². The number of aliphatic imine (C=N–C) groups is 1. The Bertz CT molecular complexity index is 918. The third kappa shape index (κ3) is 3.20. The van der Waals surface area contributed by atoms with E-state index in [1.807, 2.05) is 36.4 Å². The molecule has 0 spiro atoms. The number of aliphatic hydroxyl groups excluding tert-OH is 1. The van der Waals surface area contributed by atoms with Crippen LogP contribution in [0, 0.1) is 23.7 Å². The van der Waals surface area contributed by atoms with Crippen molar-refractivity contribution in [3.05, 3.63) is 64.7 Å². The van der Waals surface area contributed by atoms with Gasteiger partial charge in [-0.2, -0.15) is 0 Å². The number of nitrogens with zero attached hydrogens (tertiary/aromatic N) is 1. The van der Waals surface area contributed by atoms with Crippen molar-refractivity contribution < 1.29 is 10.2 Å². The third-order valence-electron chi connectivity index (χ3n) is 8.23. The second-order valence-corrected chi connectivity index (χ2v) is 9.84. The molecular weight excluding hydrogens is 358 g/mol. The number of phenols is 1. The summed E-state index contributed by atoms with van der Waals surface area (Å²) >= 11 is 0. The van der Waals surface area contributed by atoms with Gasteiger partial charge in [0.1, 0.15) is 5.75 Å². The first-order chi connectivity index (χ1) is 13.8. The van der Waals surface area contributed by atoms with Crippen LogP contribution in [0.1, 0.15) is 74.2 Å². The number of rotatable bonds is 5. The van der Waals surface area contributed by atoms with Crippen LogP contribution >= 0.6 is 0 Å². The average Bonchev–Trinajstić information content (AvgIpc) is 3.05. The van der Waals surface area contributed by atoms with Crippen molar-refractivity contribution in [1.82, 2.24) is 0 Å². The van der Waals surface area contributed by atoms with E-state index in [1.165, 1.54) is 12.8 Å². The summed E-state index contributed by atoms with van der Waals surface area (Å²) in [7, 11) is 0. The highest BCUT2D eigenvalue weighted by Crippen LogP contribution is 2.71. The van der Waals surface area contributed by atoms with Gasteiger partial charge in [-0.15, -0.1) is 0 Å². The highest BCUT2D eigenvalue weighted by molar-refractivity contribution is 5.85. The normalized spacial score (nSPS) is 28.9. The van der Waals surface area contributed by atoms with E-state index in [4.69, 9.17) is 0 Å². The molecule has 29 heavy (non-hydrogen) atoms. The first kappa shape index (κ1) is 20.2. The van der Waals surface area contributed by atoms with Crippen LogP contribution < -0.4 is 0 Å². The van der Waals surface area contributed by atoms with Gasteiger partial charge >= 0.3 is 0 Å². The van der Waals surface area contributed by atoms with Gasteiger partial charge in [-0.25, -0.2) is 0 Å². The minimum atomic E-state index is -0.321. The molecule has 2 fully saturated rings. The molecule has 2 aromatic carbocycles. The highest BCUT2D eigenvalue weighted by atomic mass is 16.3. The lowest BCUT2D eigenvalue weighted by Crippen LogP contribution is -2.31. The van der Waals surface area contributed by atoms with E-state index in [1.54, 1.807) is 6.21 Å². The van der Waals surface area contributed by atoms with Crippen molar-refractivity contribution >= 4 is 6.21 Å². The van der Waals surface area contributed by atoms with Crippen LogP contribution in [-0.4, -0.2) is 23.0 Å². The highest BCUT2D eigenvalue weighted by Gasteiger charge is 2.61. The monoisotopic (exact) mass is 391 g/mol. The number of phenolic OH excluding ortho intramolecular Hbond substituents is 1. The van der Waals surface area contributed by atoms with Gasteiger partial charge in [0.15, 0.2) is 0 Å². The summed E-state index contributed by atoms with van der Waals surface area (Å²) in [5.41, 5.74) is 4.46. The van der Waals surface area contributed by atoms with E-state index >= 15 is 0 Å². The Kier molecular flexibility index (Phi) is 5.06. The zero-order valence-corrected chi connectivity index (χ0v) is 18.0. The number of hydrogen-bond acceptors (Lipinski definition) is 3. The number of aromatic hydroxyl groups is 1. The molecule has 0 amide bonds. The quantitative estimate of drug-likeness (QED) is 0.635. The van der Waals surface area contributed by atoms with Gasteiger partial charge in [-0.05, 0) is 71.6 Å². The van der Waals surface area contributed by atoms with Crippen LogP contribution in [-0.2, 0) is 0 Å². The Morgan fingerprint density at radius 1 is 1.17 bits per heavy atom. The minimum absolute atomic E-state index is 0.0590. The summed E-state index contributed by atoms with van der Waals surface area (Å²) in [5.74, 6) is 1.47. The maximum atomic E-state index is 11.2. The number of aliphatic hydroxyl groups is 1. The molecule has 0 unspecified atom stereocenters. The van der Waals surface area contributed by atoms with Gasteiger partial charge in [0.25, 0.3) is 0 Å². The average molecular weight is 392 g/mol. The molecule has 3 nitrogen and oxygen atoms in total. The molecule has 0 heterocycles. The summed E-state index contributed by atoms with van der Waals surface area (Å²) in [6, 6.07) is 13.6. The van der Waals surface area contributed by atoms with Gasteiger partial charge < -0.3 is 10.2 Å².